The summed E-state index contributed by atoms with van der Waals surface area (Å²) in [5.41, 5.74) is 2.71. The molecule has 6 heteroatoms. The summed E-state index contributed by atoms with van der Waals surface area (Å²) in [7, 11) is 0. The number of fused-ring (bicyclic) bond motifs is 1. The monoisotopic (exact) mass is 337 g/mol. The number of benzene rings is 1. The number of imidazole rings is 1. The zero-order chi connectivity index (χ0) is 17.4. The third-order valence-electron chi connectivity index (χ3n) is 4.88. The predicted molar refractivity (Wildman–Crippen MR) is 96.6 cm³/mol. The summed E-state index contributed by atoms with van der Waals surface area (Å²) >= 11 is 0. The number of aromatic amines is 1. The zero-order valence-corrected chi connectivity index (χ0v) is 14.6. The van der Waals surface area contributed by atoms with Gasteiger partial charge in [0.05, 0.1) is 22.8 Å². The summed E-state index contributed by atoms with van der Waals surface area (Å²) in [5.74, 6) is 1.30. The largest absolute Gasteiger partial charge is 0.342 e. The summed E-state index contributed by atoms with van der Waals surface area (Å²) in [6.45, 7) is 5.60. The highest BCUT2D eigenvalue weighted by Gasteiger charge is 2.28. The number of para-hydroxylation sites is 2. The van der Waals surface area contributed by atoms with Crippen LogP contribution in [0.25, 0.3) is 11.0 Å². The molecule has 1 aromatic carbocycles. The van der Waals surface area contributed by atoms with E-state index < -0.39 is 0 Å². The van der Waals surface area contributed by atoms with E-state index in [-0.39, 0.29) is 17.9 Å². The molecule has 1 atom stereocenters. The van der Waals surface area contributed by atoms with Gasteiger partial charge in [-0.15, -0.1) is 0 Å². The Morgan fingerprint density at radius 1 is 1.32 bits per heavy atom. The van der Waals surface area contributed by atoms with Crippen LogP contribution in [-0.2, 0) is 0 Å². The summed E-state index contributed by atoms with van der Waals surface area (Å²) in [6.07, 6.45) is 5.56. The molecule has 2 aromatic heterocycles. The molecule has 25 heavy (non-hydrogen) atoms. The van der Waals surface area contributed by atoms with Gasteiger partial charge in [-0.3, -0.25) is 9.48 Å². The fraction of sp³-hybridized carbons (Fsp3) is 0.421. The molecule has 0 spiro atoms. The van der Waals surface area contributed by atoms with Gasteiger partial charge >= 0.3 is 0 Å². The molecule has 1 aliphatic heterocycles. The smallest absolute Gasteiger partial charge is 0.257 e. The number of H-pyrrole nitrogens is 1. The fourth-order valence-corrected chi connectivity index (χ4v) is 3.46. The highest BCUT2D eigenvalue weighted by atomic mass is 16.2. The lowest BCUT2D eigenvalue weighted by atomic mass is 9.97. The van der Waals surface area contributed by atoms with Crippen molar-refractivity contribution in [3.05, 3.63) is 48.0 Å². The Balaban J connectivity index is 1.52. The van der Waals surface area contributed by atoms with E-state index in [0.717, 1.165) is 36.2 Å². The molecular formula is C19H23N5O. The Hall–Kier alpha value is -2.63. The van der Waals surface area contributed by atoms with E-state index >= 15 is 0 Å². The lowest BCUT2D eigenvalue weighted by Crippen LogP contribution is -2.39. The van der Waals surface area contributed by atoms with Crippen molar-refractivity contribution < 1.29 is 4.79 Å². The van der Waals surface area contributed by atoms with Crippen molar-refractivity contribution in [1.29, 1.82) is 0 Å². The molecule has 3 aromatic rings. The van der Waals surface area contributed by atoms with E-state index in [2.05, 4.69) is 23.9 Å². The minimum atomic E-state index is 0.0627. The second-order valence-corrected chi connectivity index (χ2v) is 7.03. The number of piperidine rings is 1. The molecule has 3 heterocycles. The minimum absolute atomic E-state index is 0.0627. The number of hydrogen-bond donors (Lipinski definition) is 1. The summed E-state index contributed by atoms with van der Waals surface area (Å²) in [5, 5.41) is 4.29. The molecule has 1 aliphatic rings. The van der Waals surface area contributed by atoms with Crippen molar-refractivity contribution in [3.63, 3.8) is 0 Å². The van der Waals surface area contributed by atoms with Crippen LogP contribution >= 0.6 is 0 Å². The number of rotatable bonds is 3. The maximum Gasteiger partial charge on any atom is 0.257 e. The van der Waals surface area contributed by atoms with E-state index in [0.29, 0.717) is 12.1 Å². The van der Waals surface area contributed by atoms with Crippen LogP contribution in [0.5, 0.6) is 0 Å². The molecule has 0 unspecified atom stereocenters. The topological polar surface area (TPSA) is 66.8 Å². The molecule has 130 valence electrons. The third-order valence-corrected chi connectivity index (χ3v) is 4.88. The number of nitrogens with zero attached hydrogens (tertiary/aromatic N) is 4. The number of aromatic nitrogens is 4. The Kier molecular flexibility index (Phi) is 4.03. The molecule has 0 radical (unpaired) electrons. The first-order valence-corrected chi connectivity index (χ1v) is 8.90. The Labute approximate surface area is 146 Å². The molecule has 0 aliphatic carbocycles. The maximum atomic E-state index is 12.8. The van der Waals surface area contributed by atoms with Gasteiger partial charge in [0, 0.05) is 31.2 Å². The number of carbonyl (C=O) groups excluding carboxylic acids is 1. The number of nitrogens with one attached hydrogen (secondary N) is 1. The second-order valence-electron chi connectivity index (χ2n) is 7.03. The Morgan fingerprint density at radius 2 is 2.16 bits per heavy atom. The van der Waals surface area contributed by atoms with E-state index in [9.17, 15) is 4.79 Å². The summed E-state index contributed by atoms with van der Waals surface area (Å²) in [6, 6.07) is 8.31. The van der Waals surface area contributed by atoms with Crippen LogP contribution < -0.4 is 0 Å². The van der Waals surface area contributed by atoms with Crippen molar-refractivity contribution in [3.8, 4) is 0 Å². The van der Waals surface area contributed by atoms with Gasteiger partial charge in [-0.25, -0.2) is 4.98 Å². The van der Waals surface area contributed by atoms with E-state index in [4.69, 9.17) is 4.98 Å². The van der Waals surface area contributed by atoms with E-state index in [1.807, 2.05) is 40.0 Å². The van der Waals surface area contributed by atoms with Gasteiger partial charge in [0.2, 0.25) is 0 Å². The van der Waals surface area contributed by atoms with Crippen LogP contribution in [0.3, 0.4) is 0 Å². The van der Waals surface area contributed by atoms with Gasteiger partial charge in [0.15, 0.2) is 0 Å². The zero-order valence-electron chi connectivity index (χ0n) is 14.6. The van der Waals surface area contributed by atoms with E-state index in [1.54, 1.807) is 6.20 Å². The van der Waals surface area contributed by atoms with Gasteiger partial charge in [-0.2, -0.15) is 5.10 Å². The van der Waals surface area contributed by atoms with Crippen LogP contribution in [-0.4, -0.2) is 43.6 Å². The molecule has 1 amide bonds. The van der Waals surface area contributed by atoms with Crippen molar-refractivity contribution in [2.45, 2.75) is 38.6 Å². The third kappa shape index (κ3) is 3.04. The first kappa shape index (κ1) is 15.9. The van der Waals surface area contributed by atoms with Crippen molar-refractivity contribution in [2.24, 2.45) is 0 Å². The standard InChI is InChI=1S/C19H23N5O/c1-13(2)24-12-15(10-20-24)19(25)23-9-5-6-14(11-23)18-21-16-7-3-4-8-17(16)22-18/h3-4,7-8,10,12-14H,5-6,9,11H2,1-2H3,(H,21,22)/t14-/m1/s1. The maximum absolute atomic E-state index is 12.8. The number of likely N-dealkylation sites (tertiary alicyclic amines) is 1. The van der Waals surface area contributed by atoms with Gasteiger partial charge in [-0.1, -0.05) is 12.1 Å². The molecule has 1 saturated heterocycles. The molecule has 0 bridgehead atoms. The summed E-state index contributed by atoms with van der Waals surface area (Å²) in [4.78, 5) is 22.9. The van der Waals surface area contributed by atoms with Crippen molar-refractivity contribution in [1.82, 2.24) is 24.6 Å². The average Bonchev–Trinajstić information content (AvgIpc) is 3.28. The minimum Gasteiger partial charge on any atom is -0.342 e. The van der Waals surface area contributed by atoms with Crippen molar-refractivity contribution >= 4 is 16.9 Å². The van der Waals surface area contributed by atoms with Crippen molar-refractivity contribution in [2.75, 3.05) is 13.1 Å². The highest BCUT2D eigenvalue weighted by Crippen LogP contribution is 2.27. The van der Waals surface area contributed by atoms with Crippen LogP contribution in [0.2, 0.25) is 0 Å². The normalized spacial score (nSPS) is 18.2. The molecule has 6 nitrogen and oxygen atoms in total. The van der Waals surface area contributed by atoms with Crippen LogP contribution in [0, 0.1) is 0 Å². The average molecular weight is 337 g/mol. The molecular weight excluding hydrogens is 314 g/mol. The van der Waals surface area contributed by atoms with Crippen LogP contribution in [0.15, 0.2) is 36.7 Å². The highest BCUT2D eigenvalue weighted by molar-refractivity contribution is 5.93. The van der Waals surface area contributed by atoms with Crippen LogP contribution in [0.1, 0.15) is 54.8 Å². The SMILES string of the molecule is CC(C)n1cc(C(=O)N2CCC[C@@H](c3nc4ccccc4[nH]3)C2)cn1. The number of hydrogen-bond acceptors (Lipinski definition) is 3. The van der Waals surface area contributed by atoms with Gasteiger partial charge < -0.3 is 9.88 Å². The molecule has 1 fully saturated rings. The lowest BCUT2D eigenvalue weighted by Gasteiger charge is -2.31. The van der Waals surface area contributed by atoms with Crippen LogP contribution in [0.4, 0.5) is 0 Å². The molecule has 0 saturated carbocycles. The predicted octanol–water partition coefficient (Wildman–Crippen LogP) is 3.36. The lowest BCUT2D eigenvalue weighted by molar-refractivity contribution is 0.0705. The second kappa shape index (κ2) is 6.35. The fourth-order valence-electron chi connectivity index (χ4n) is 3.46. The van der Waals surface area contributed by atoms with E-state index in [1.165, 1.54) is 0 Å². The molecule has 1 N–H and O–H groups in total. The quantitative estimate of drug-likeness (QED) is 0.797. The Bertz CT molecular complexity index is 861. The summed E-state index contributed by atoms with van der Waals surface area (Å²) < 4.78 is 1.83. The Morgan fingerprint density at radius 3 is 2.92 bits per heavy atom. The van der Waals surface area contributed by atoms with Gasteiger partial charge in [0.25, 0.3) is 5.91 Å². The van der Waals surface area contributed by atoms with Gasteiger partial charge in [-0.05, 0) is 38.8 Å². The first-order valence-electron chi connectivity index (χ1n) is 8.90. The number of amides is 1. The van der Waals surface area contributed by atoms with Gasteiger partial charge in [0.1, 0.15) is 5.82 Å². The number of carbonyl (C=O) groups is 1. The first-order chi connectivity index (χ1) is 12.1. The molecule has 4 rings (SSSR count).